The second-order valence-electron chi connectivity index (χ2n) is 7.70. The minimum absolute atomic E-state index is 0.192. The number of hydrogen-bond acceptors (Lipinski definition) is 2. The molecule has 0 unspecified atom stereocenters. The molecule has 1 aliphatic rings. The summed E-state index contributed by atoms with van der Waals surface area (Å²) in [4.78, 5) is 17.8. The van der Waals surface area contributed by atoms with Gasteiger partial charge in [-0.2, -0.15) is 0 Å². The zero-order chi connectivity index (χ0) is 19.1. The molecule has 1 fully saturated rings. The van der Waals surface area contributed by atoms with Crippen molar-refractivity contribution < 1.29 is 4.79 Å². The molecule has 1 aliphatic heterocycles. The normalized spacial score (nSPS) is 14.9. The molecular formula is C24H32N2O. The zero-order valence-corrected chi connectivity index (χ0v) is 16.8. The largest absolute Gasteiger partial charge is 0.312 e. The number of amides is 1. The number of para-hydroxylation sites is 1. The summed E-state index contributed by atoms with van der Waals surface area (Å²) in [5, 5.41) is 0. The third-order valence-electron chi connectivity index (χ3n) is 5.51. The van der Waals surface area contributed by atoms with Crippen LogP contribution in [0.1, 0.15) is 42.4 Å². The van der Waals surface area contributed by atoms with Crippen molar-refractivity contribution in [2.75, 3.05) is 31.1 Å². The summed E-state index contributed by atoms with van der Waals surface area (Å²) in [6, 6.07) is 16.4. The van der Waals surface area contributed by atoms with Gasteiger partial charge in [0.2, 0.25) is 5.91 Å². The van der Waals surface area contributed by atoms with Gasteiger partial charge in [0.05, 0.1) is 6.42 Å². The van der Waals surface area contributed by atoms with Gasteiger partial charge in [0.1, 0.15) is 0 Å². The van der Waals surface area contributed by atoms with Gasteiger partial charge in [0.15, 0.2) is 0 Å². The van der Waals surface area contributed by atoms with E-state index in [0.29, 0.717) is 6.42 Å². The van der Waals surface area contributed by atoms with Crippen LogP contribution in [0.2, 0.25) is 0 Å². The van der Waals surface area contributed by atoms with Crippen molar-refractivity contribution in [3.63, 3.8) is 0 Å². The van der Waals surface area contributed by atoms with Gasteiger partial charge in [-0.05, 0) is 69.4 Å². The molecule has 144 valence electrons. The molecule has 3 heteroatoms. The molecule has 0 atom stereocenters. The summed E-state index contributed by atoms with van der Waals surface area (Å²) in [6.45, 7) is 8.50. The number of carbonyl (C=O) groups is 1. The lowest BCUT2D eigenvalue weighted by Crippen LogP contribution is -2.37. The minimum Gasteiger partial charge on any atom is -0.312 e. The van der Waals surface area contributed by atoms with Crippen molar-refractivity contribution in [1.29, 1.82) is 0 Å². The van der Waals surface area contributed by atoms with Crippen LogP contribution >= 0.6 is 0 Å². The highest BCUT2D eigenvalue weighted by atomic mass is 16.2. The number of likely N-dealkylation sites (tertiary alicyclic amines) is 1. The first-order valence-electron chi connectivity index (χ1n) is 10.3. The van der Waals surface area contributed by atoms with Crippen molar-refractivity contribution in [1.82, 2.24) is 4.90 Å². The van der Waals surface area contributed by atoms with Crippen LogP contribution in [0.3, 0.4) is 0 Å². The first kappa shape index (κ1) is 19.6. The molecule has 0 spiro atoms. The summed E-state index contributed by atoms with van der Waals surface area (Å²) in [6.07, 6.45) is 5.47. The van der Waals surface area contributed by atoms with Crippen LogP contribution in [-0.4, -0.2) is 37.0 Å². The van der Waals surface area contributed by atoms with E-state index in [0.717, 1.165) is 30.8 Å². The van der Waals surface area contributed by atoms with Crippen LogP contribution in [0, 0.1) is 13.8 Å². The molecule has 1 amide bonds. The highest BCUT2D eigenvalue weighted by molar-refractivity contribution is 5.96. The molecule has 2 aromatic rings. The van der Waals surface area contributed by atoms with Crippen LogP contribution in [0.25, 0.3) is 0 Å². The van der Waals surface area contributed by atoms with Gasteiger partial charge in [0.25, 0.3) is 0 Å². The Balaban J connectivity index is 1.72. The van der Waals surface area contributed by atoms with Gasteiger partial charge >= 0.3 is 0 Å². The molecule has 27 heavy (non-hydrogen) atoms. The summed E-state index contributed by atoms with van der Waals surface area (Å²) >= 11 is 0. The maximum Gasteiger partial charge on any atom is 0.231 e. The Morgan fingerprint density at radius 2 is 1.59 bits per heavy atom. The van der Waals surface area contributed by atoms with Crippen molar-refractivity contribution in [2.24, 2.45) is 0 Å². The molecule has 0 saturated carbocycles. The Hall–Kier alpha value is -2.13. The molecule has 2 aromatic carbocycles. The molecule has 0 bridgehead atoms. The number of anilines is 1. The van der Waals surface area contributed by atoms with E-state index in [-0.39, 0.29) is 5.91 Å². The molecule has 0 aromatic heterocycles. The topological polar surface area (TPSA) is 23.6 Å². The number of hydrogen-bond donors (Lipinski definition) is 0. The number of carbonyl (C=O) groups excluding carboxylic acids is 1. The fourth-order valence-electron chi connectivity index (χ4n) is 4.09. The van der Waals surface area contributed by atoms with Crippen molar-refractivity contribution in [2.45, 2.75) is 46.0 Å². The summed E-state index contributed by atoms with van der Waals surface area (Å²) in [5.74, 6) is 0.192. The lowest BCUT2D eigenvalue weighted by molar-refractivity contribution is -0.118. The van der Waals surface area contributed by atoms with Crippen molar-refractivity contribution in [3.05, 3.63) is 65.2 Å². The first-order chi connectivity index (χ1) is 13.1. The summed E-state index contributed by atoms with van der Waals surface area (Å²) in [5.41, 5.74) is 4.52. The van der Waals surface area contributed by atoms with Crippen LogP contribution in [0.5, 0.6) is 0 Å². The van der Waals surface area contributed by atoms with E-state index in [9.17, 15) is 4.79 Å². The Morgan fingerprint density at radius 3 is 2.26 bits per heavy atom. The highest BCUT2D eigenvalue weighted by Crippen LogP contribution is 2.26. The van der Waals surface area contributed by atoms with Crippen molar-refractivity contribution >= 4 is 11.6 Å². The van der Waals surface area contributed by atoms with E-state index in [1.54, 1.807) is 0 Å². The van der Waals surface area contributed by atoms with Gasteiger partial charge in [-0.3, -0.25) is 4.79 Å². The van der Waals surface area contributed by atoms with E-state index in [1.807, 2.05) is 35.2 Å². The predicted octanol–water partition coefficient (Wildman–Crippen LogP) is 4.76. The molecule has 1 heterocycles. The summed E-state index contributed by atoms with van der Waals surface area (Å²) in [7, 11) is 0. The zero-order valence-electron chi connectivity index (χ0n) is 16.8. The van der Waals surface area contributed by atoms with Gasteiger partial charge in [-0.1, -0.05) is 55.0 Å². The Morgan fingerprint density at radius 1 is 0.926 bits per heavy atom. The second kappa shape index (κ2) is 9.70. The number of benzene rings is 2. The van der Waals surface area contributed by atoms with Crippen molar-refractivity contribution in [3.8, 4) is 0 Å². The Bertz CT molecular complexity index is 715. The molecule has 3 rings (SSSR count). The average Bonchev–Trinajstić information content (AvgIpc) is 2.68. The molecule has 0 radical (unpaired) electrons. The van der Waals surface area contributed by atoms with Crippen LogP contribution < -0.4 is 4.90 Å². The standard InChI is InChI=1S/C24H32N2O/c1-20-11-9-12-21(2)24(20)26(18-10-17-25-15-7-4-8-16-25)23(27)19-22-13-5-3-6-14-22/h3,5-6,9,11-14H,4,7-8,10,15-19H2,1-2H3. The number of piperidine rings is 1. The van der Waals surface area contributed by atoms with E-state index in [2.05, 4.69) is 36.9 Å². The quantitative estimate of drug-likeness (QED) is 0.707. The first-order valence-corrected chi connectivity index (χ1v) is 10.3. The van der Waals surface area contributed by atoms with E-state index in [4.69, 9.17) is 0 Å². The van der Waals surface area contributed by atoms with Crippen LogP contribution in [-0.2, 0) is 11.2 Å². The Labute approximate surface area is 164 Å². The Kier molecular flexibility index (Phi) is 7.05. The molecular weight excluding hydrogens is 332 g/mol. The number of aryl methyl sites for hydroxylation is 2. The van der Waals surface area contributed by atoms with Crippen LogP contribution in [0.15, 0.2) is 48.5 Å². The summed E-state index contributed by atoms with van der Waals surface area (Å²) < 4.78 is 0. The SMILES string of the molecule is Cc1cccc(C)c1N(CCCN1CCCCC1)C(=O)Cc1ccccc1. The average molecular weight is 365 g/mol. The molecule has 0 aliphatic carbocycles. The highest BCUT2D eigenvalue weighted by Gasteiger charge is 2.20. The number of rotatable bonds is 7. The molecule has 0 N–H and O–H groups in total. The van der Waals surface area contributed by atoms with E-state index < -0.39 is 0 Å². The number of nitrogens with zero attached hydrogens (tertiary/aromatic N) is 2. The van der Waals surface area contributed by atoms with Gasteiger partial charge in [-0.25, -0.2) is 0 Å². The minimum atomic E-state index is 0.192. The lowest BCUT2D eigenvalue weighted by Gasteiger charge is -2.30. The fourth-order valence-corrected chi connectivity index (χ4v) is 4.09. The van der Waals surface area contributed by atoms with E-state index in [1.165, 1.54) is 43.5 Å². The fraction of sp³-hybridized carbons (Fsp3) is 0.458. The third-order valence-corrected chi connectivity index (χ3v) is 5.51. The maximum atomic E-state index is 13.2. The van der Waals surface area contributed by atoms with Crippen LogP contribution in [0.4, 0.5) is 5.69 Å². The smallest absolute Gasteiger partial charge is 0.231 e. The lowest BCUT2D eigenvalue weighted by atomic mass is 10.1. The predicted molar refractivity (Wildman–Crippen MR) is 113 cm³/mol. The van der Waals surface area contributed by atoms with Gasteiger partial charge in [0, 0.05) is 12.2 Å². The molecule has 3 nitrogen and oxygen atoms in total. The van der Waals surface area contributed by atoms with E-state index >= 15 is 0 Å². The van der Waals surface area contributed by atoms with Gasteiger partial charge < -0.3 is 9.80 Å². The maximum absolute atomic E-state index is 13.2. The second-order valence-corrected chi connectivity index (χ2v) is 7.70. The third kappa shape index (κ3) is 5.43. The molecule has 1 saturated heterocycles. The van der Waals surface area contributed by atoms with Gasteiger partial charge in [-0.15, -0.1) is 0 Å². The monoisotopic (exact) mass is 364 g/mol.